The molecule has 1 aliphatic heterocycles. The Bertz CT molecular complexity index is 1050. The molecular weight excluding hydrogens is 394 g/mol. The Morgan fingerprint density at radius 3 is 2.71 bits per heavy atom. The van der Waals surface area contributed by atoms with Crippen molar-refractivity contribution in [2.24, 2.45) is 5.41 Å². The SMILES string of the molecule is CN(C)C(=O)C1(Cc2cc(-c3ccccc3)no2)CCCN(C(=O)c2cnccn2)C1. The number of likely N-dealkylation sites (tertiary alicyclic amines) is 1. The molecule has 160 valence electrons. The van der Waals surface area contributed by atoms with Crippen molar-refractivity contribution in [1.82, 2.24) is 24.9 Å². The lowest BCUT2D eigenvalue weighted by atomic mass is 9.75. The van der Waals surface area contributed by atoms with Crippen molar-refractivity contribution in [3.05, 3.63) is 66.4 Å². The fraction of sp³-hybridized carbons (Fsp3) is 0.348. The molecule has 3 heterocycles. The van der Waals surface area contributed by atoms with Crippen LogP contribution in [0.3, 0.4) is 0 Å². The second kappa shape index (κ2) is 8.67. The highest BCUT2D eigenvalue weighted by atomic mass is 16.5. The van der Waals surface area contributed by atoms with Gasteiger partial charge in [-0.1, -0.05) is 35.5 Å². The lowest BCUT2D eigenvalue weighted by Gasteiger charge is -2.42. The number of carbonyl (C=O) groups excluding carboxylic acids is 2. The van der Waals surface area contributed by atoms with Gasteiger partial charge in [-0.2, -0.15) is 0 Å². The Balaban J connectivity index is 1.61. The number of hydrogen-bond acceptors (Lipinski definition) is 6. The summed E-state index contributed by atoms with van der Waals surface area (Å²) in [4.78, 5) is 37.7. The molecule has 2 aromatic heterocycles. The van der Waals surface area contributed by atoms with Crippen molar-refractivity contribution >= 4 is 11.8 Å². The van der Waals surface area contributed by atoms with Crippen molar-refractivity contribution in [3.8, 4) is 11.3 Å². The van der Waals surface area contributed by atoms with Crippen molar-refractivity contribution in [2.75, 3.05) is 27.2 Å². The fourth-order valence-corrected chi connectivity index (χ4v) is 4.22. The number of benzene rings is 1. The molecule has 1 unspecified atom stereocenters. The lowest BCUT2D eigenvalue weighted by Crippen LogP contribution is -2.54. The summed E-state index contributed by atoms with van der Waals surface area (Å²) in [7, 11) is 3.48. The maximum Gasteiger partial charge on any atom is 0.274 e. The highest BCUT2D eigenvalue weighted by Crippen LogP contribution is 2.36. The summed E-state index contributed by atoms with van der Waals surface area (Å²) in [6, 6.07) is 11.6. The smallest absolute Gasteiger partial charge is 0.274 e. The molecule has 0 spiro atoms. The molecule has 3 aromatic rings. The zero-order chi connectivity index (χ0) is 21.8. The number of rotatable bonds is 5. The van der Waals surface area contributed by atoms with Gasteiger partial charge in [-0.3, -0.25) is 14.6 Å². The molecule has 1 fully saturated rings. The molecule has 0 N–H and O–H groups in total. The summed E-state index contributed by atoms with van der Waals surface area (Å²) >= 11 is 0. The molecule has 1 atom stereocenters. The Hall–Kier alpha value is -3.55. The van der Waals surface area contributed by atoms with Crippen LogP contribution >= 0.6 is 0 Å². The quantitative estimate of drug-likeness (QED) is 0.631. The largest absolute Gasteiger partial charge is 0.361 e. The third-order valence-corrected chi connectivity index (χ3v) is 5.65. The van der Waals surface area contributed by atoms with Gasteiger partial charge in [0.05, 0.1) is 11.6 Å². The number of carbonyl (C=O) groups is 2. The minimum absolute atomic E-state index is 0.0261. The third kappa shape index (κ3) is 4.33. The molecule has 1 saturated heterocycles. The van der Waals surface area contributed by atoms with Gasteiger partial charge in [0.25, 0.3) is 5.91 Å². The zero-order valence-electron chi connectivity index (χ0n) is 17.7. The second-order valence-corrected chi connectivity index (χ2v) is 8.12. The van der Waals surface area contributed by atoms with Gasteiger partial charge in [-0.25, -0.2) is 4.98 Å². The van der Waals surface area contributed by atoms with Crippen molar-refractivity contribution < 1.29 is 14.1 Å². The first-order valence-electron chi connectivity index (χ1n) is 10.3. The first-order valence-corrected chi connectivity index (χ1v) is 10.3. The van der Waals surface area contributed by atoms with Crippen LogP contribution in [0, 0.1) is 5.41 Å². The van der Waals surface area contributed by atoms with E-state index in [1.54, 1.807) is 23.9 Å². The summed E-state index contributed by atoms with van der Waals surface area (Å²) in [5.41, 5.74) is 1.18. The Labute approximate surface area is 180 Å². The van der Waals surface area contributed by atoms with Crippen molar-refractivity contribution in [2.45, 2.75) is 19.3 Å². The highest BCUT2D eigenvalue weighted by molar-refractivity contribution is 5.93. The Kier molecular flexibility index (Phi) is 5.79. The van der Waals surface area contributed by atoms with Gasteiger partial charge in [0, 0.05) is 57.6 Å². The molecule has 0 aliphatic carbocycles. The predicted octanol–water partition coefficient (Wildman–Crippen LogP) is 2.68. The van der Waals surface area contributed by atoms with Gasteiger partial charge < -0.3 is 14.3 Å². The fourth-order valence-electron chi connectivity index (χ4n) is 4.22. The van der Waals surface area contributed by atoms with E-state index in [0.29, 0.717) is 38.1 Å². The van der Waals surface area contributed by atoms with Crippen LogP contribution in [-0.2, 0) is 11.2 Å². The number of amides is 2. The van der Waals surface area contributed by atoms with Gasteiger partial charge in [0.2, 0.25) is 5.91 Å². The molecule has 0 bridgehead atoms. The van der Waals surface area contributed by atoms with Crippen LogP contribution in [0.4, 0.5) is 0 Å². The van der Waals surface area contributed by atoms with Gasteiger partial charge in [-0.15, -0.1) is 0 Å². The van der Waals surface area contributed by atoms with E-state index >= 15 is 0 Å². The minimum atomic E-state index is -0.785. The molecule has 31 heavy (non-hydrogen) atoms. The first-order chi connectivity index (χ1) is 15.0. The Morgan fingerprint density at radius 1 is 1.19 bits per heavy atom. The topological polar surface area (TPSA) is 92.4 Å². The van der Waals surface area contributed by atoms with Crippen molar-refractivity contribution in [3.63, 3.8) is 0 Å². The van der Waals surface area contributed by atoms with E-state index in [9.17, 15) is 9.59 Å². The maximum atomic E-state index is 13.3. The van der Waals surface area contributed by atoms with Gasteiger partial charge in [0.15, 0.2) is 0 Å². The monoisotopic (exact) mass is 419 g/mol. The molecule has 1 aromatic carbocycles. The van der Waals surface area contributed by atoms with E-state index in [0.717, 1.165) is 11.3 Å². The molecular formula is C23H25N5O3. The van der Waals surface area contributed by atoms with Gasteiger partial charge >= 0.3 is 0 Å². The third-order valence-electron chi connectivity index (χ3n) is 5.65. The standard InChI is InChI=1S/C23H25N5O3/c1-27(2)22(30)23(14-18-13-19(26-31-18)17-7-4-3-5-8-17)9-6-12-28(16-23)21(29)20-15-24-10-11-25-20/h3-5,7-8,10-11,13,15H,6,9,12,14,16H2,1-2H3. The molecule has 0 saturated carbocycles. The summed E-state index contributed by atoms with van der Waals surface area (Å²) < 4.78 is 5.61. The Morgan fingerprint density at radius 2 is 2.00 bits per heavy atom. The van der Waals surface area contributed by atoms with E-state index in [-0.39, 0.29) is 17.5 Å². The number of aromatic nitrogens is 3. The van der Waals surface area contributed by atoms with E-state index < -0.39 is 5.41 Å². The van der Waals surface area contributed by atoms with Crippen LogP contribution in [0.1, 0.15) is 29.1 Å². The normalized spacial score (nSPS) is 18.6. The predicted molar refractivity (Wildman–Crippen MR) is 114 cm³/mol. The average molecular weight is 419 g/mol. The van der Waals surface area contributed by atoms with Crippen LogP contribution in [0.5, 0.6) is 0 Å². The number of hydrogen-bond donors (Lipinski definition) is 0. The summed E-state index contributed by atoms with van der Waals surface area (Å²) in [6.45, 7) is 0.865. The zero-order valence-corrected chi connectivity index (χ0v) is 17.7. The summed E-state index contributed by atoms with van der Waals surface area (Å²) in [6.07, 6.45) is 6.22. The van der Waals surface area contributed by atoms with E-state index in [2.05, 4.69) is 15.1 Å². The van der Waals surface area contributed by atoms with E-state index in [4.69, 9.17) is 4.52 Å². The van der Waals surface area contributed by atoms with Gasteiger partial charge in [-0.05, 0) is 12.8 Å². The van der Waals surface area contributed by atoms with E-state index in [1.165, 1.54) is 18.6 Å². The van der Waals surface area contributed by atoms with E-state index in [1.807, 2.05) is 36.4 Å². The summed E-state index contributed by atoms with van der Waals surface area (Å²) in [5, 5.41) is 4.19. The van der Waals surface area contributed by atoms with Crippen molar-refractivity contribution in [1.29, 1.82) is 0 Å². The molecule has 4 rings (SSSR count). The van der Waals surface area contributed by atoms with Crippen LogP contribution in [-0.4, -0.2) is 63.9 Å². The van der Waals surface area contributed by atoms with Crippen LogP contribution < -0.4 is 0 Å². The molecule has 8 nitrogen and oxygen atoms in total. The average Bonchev–Trinajstić information content (AvgIpc) is 3.27. The molecule has 0 radical (unpaired) electrons. The number of nitrogens with zero attached hydrogens (tertiary/aromatic N) is 5. The minimum Gasteiger partial charge on any atom is -0.361 e. The summed E-state index contributed by atoms with van der Waals surface area (Å²) in [5.74, 6) is 0.385. The van der Waals surface area contributed by atoms with Crippen LogP contribution in [0.15, 0.2) is 59.5 Å². The number of piperidine rings is 1. The second-order valence-electron chi connectivity index (χ2n) is 8.12. The first kappa shape index (κ1) is 20.7. The van der Waals surface area contributed by atoms with Crippen LogP contribution in [0.2, 0.25) is 0 Å². The highest BCUT2D eigenvalue weighted by Gasteiger charge is 2.45. The molecule has 1 aliphatic rings. The van der Waals surface area contributed by atoms with Crippen LogP contribution in [0.25, 0.3) is 11.3 Å². The molecule has 8 heteroatoms. The maximum absolute atomic E-state index is 13.3. The lowest BCUT2D eigenvalue weighted by molar-refractivity contribution is -0.142. The van der Waals surface area contributed by atoms with Gasteiger partial charge in [0.1, 0.15) is 17.1 Å². The molecule has 2 amide bonds.